The van der Waals surface area contributed by atoms with Crippen LogP contribution < -0.4 is 15.1 Å². The number of nitrogens with one attached hydrogen (secondary N) is 3. The predicted molar refractivity (Wildman–Crippen MR) is 257 cm³/mol. The SMILES string of the molecule is COCCN(C)c1ccc(N2[C@H](c3ccc4nc([C@@H]5CCCN5C(=O)[C@@H](NC(=O)OC)C(C)C)[nH]c4c3)CC[C@H]2c2ccc3nc([C@@H]4CCCN4C(=O)[C@H](C(C)C)N(C)C(=O)O)[nH]c3c2)cc1. The van der Waals surface area contributed by atoms with E-state index in [-0.39, 0.29) is 47.8 Å². The van der Waals surface area contributed by atoms with Gasteiger partial charge in [0.1, 0.15) is 23.7 Å². The Balaban J connectivity index is 1.09. The number of benzene rings is 3. The van der Waals surface area contributed by atoms with Crippen LogP contribution in [0, 0.1) is 11.8 Å². The molecule has 3 saturated heterocycles. The van der Waals surface area contributed by atoms with Crippen LogP contribution in [0.3, 0.4) is 0 Å². The third-order valence-electron chi connectivity index (χ3n) is 14.1. The van der Waals surface area contributed by atoms with Gasteiger partial charge in [-0.15, -0.1) is 0 Å². The number of anilines is 2. The first-order valence-corrected chi connectivity index (χ1v) is 23.7. The van der Waals surface area contributed by atoms with Crippen LogP contribution in [0.2, 0.25) is 0 Å². The number of fused-ring (bicyclic) bond motifs is 2. The highest BCUT2D eigenvalue weighted by atomic mass is 16.5. The van der Waals surface area contributed by atoms with Gasteiger partial charge in [-0.05, 0) is 110 Å². The van der Waals surface area contributed by atoms with E-state index in [1.165, 1.54) is 14.2 Å². The van der Waals surface area contributed by atoms with Crippen LogP contribution in [-0.2, 0) is 19.1 Å². The van der Waals surface area contributed by atoms with Crippen molar-refractivity contribution >= 4 is 57.4 Å². The van der Waals surface area contributed by atoms with E-state index in [9.17, 15) is 24.3 Å². The molecule has 3 aromatic carbocycles. The number of nitrogens with zero attached hydrogens (tertiary/aromatic N) is 7. The molecule has 6 atom stereocenters. The number of ether oxygens (including phenoxy) is 2. The second kappa shape index (κ2) is 19.9. The minimum absolute atomic E-state index is 0.0275. The van der Waals surface area contributed by atoms with Crippen molar-refractivity contribution in [1.29, 1.82) is 0 Å². The molecule has 17 nitrogen and oxygen atoms in total. The molecule has 4 N–H and O–H groups in total. The number of H-pyrrole nitrogens is 2. The average molecular weight is 919 g/mol. The summed E-state index contributed by atoms with van der Waals surface area (Å²) >= 11 is 0. The molecule has 0 aliphatic carbocycles. The average Bonchev–Trinajstić information content (AvgIpc) is 4.18. The smallest absolute Gasteiger partial charge is 0.407 e. The lowest BCUT2D eigenvalue weighted by atomic mass is 10.0. The van der Waals surface area contributed by atoms with E-state index in [4.69, 9.17) is 19.4 Å². The van der Waals surface area contributed by atoms with Crippen LogP contribution in [0.15, 0.2) is 60.7 Å². The molecule has 5 heterocycles. The second-order valence-corrected chi connectivity index (χ2v) is 19.1. The maximum atomic E-state index is 14.0. The fraction of sp³-hybridized carbons (Fsp3) is 0.520. The number of likely N-dealkylation sites (N-methyl/N-ethyl adjacent to an activating group) is 2. The molecule has 0 bridgehead atoms. The lowest BCUT2D eigenvalue weighted by Crippen LogP contribution is -2.51. The summed E-state index contributed by atoms with van der Waals surface area (Å²) in [5.41, 5.74) is 7.92. The van der Waals surface area contributed by atoms with Crippen LogP contribution in [0.1, 0.15) is 113 Å². The van der Waals surface area contributed by atoms with Gasteiger partial charge in [0, 0.05) is 52.2 Å². The Morgan fingerprint density at radius 3 is 1.76 bits per heavy atom. The fourth-order valence-electron chi connectivity index (χ4n) is 10.6. The van der Waals surface area contributed by atoms with E-state index >= 15 is 0 Å². The van der Waals surface area contributed by atoms with Gasteiger partial charge in [0.25, 0.3) is 0 Å². The standard InChI is InChI=1S/C50H66N10O7/c1-29(2)43(55-49(63)67-8)47(61)58-23-9-11-41(58)45-51-35-19-13-31(27-37(35)53-45)39-21-22-40(60(39)34-17-15-33(16-18-34)56(5)25-26-66-7)32-14-20-36-38(28-32)54-46(52-36)42-12-10-24-59(42)48(62)44(30(3)4)57(6)50(64)65/h13-20,27-30,39-44H,9-12,21-26H2,1-8H3,(H,51,53)(H,52,54)(H,55,63)(H,64,65)/t39-,40-,41-,42-,43-,44-/m0/s1. The van der Waals surface area contributed by atoms with Crippen molar-refractivity contribution in [3.8, 4) is 0 Å². The van der Waals surface area contributed by atoms with E-state index < -0.39 is 24.3 Å². The van der Waals surface area contributed by atoms with Gasteiger partial charge in [0.15, 0.2) is 0 Å². The van der Waals surface area contributed by atoms with E-state index in [0.717, 1.165) is 100 Å². The number of aromatic nitrogens is 4. The molecule has 8 rings (SSSR count). The van der Waals surface area contributed by atoms with Crippen LogP contribution in [0.25, 0.3) is 22.1 Å². The summed E-state index contributed by atoms with van der Waals surface area (Å²) < 4.78 is 10.2. The van der Waals surface area contributed by atoms with Gasteiger partial charge >= 0.3 is 12.2 Å². The highest BCUT2D eigenvalue weighted by Gasteiger charge is 2.41. The molecule has 0 unspecified atom stereocenters. The largest absolute Gasteiger partial charge is 0.465 e. The number of likely N-dealkylation sites (tertiary alicyclic amines) is 2. The summed E-state index contributed by atoms with van der Waals surface area (Å²) in [5, 5.41) is 12.5. The maximum absolute atomic E-state index is 14.0. The summed E-state index contributed by atoms with van der Waals surface area (Å²) in [6, 6.07) is 19.6. The van der Waals surface area contributed by atoms with Crippen molar-refractivity contribution in [1.82, 2.24) is 40.0 Å². The zero-order valence-corrected chi connectivity index (χ0v) is 40.0. The Hall–Kier alpha value is -6.36. The van der Waals surface area contributed by atoms with Crippen molar-refractivity contribution in [2.75, 3.05) is 64.4 Å². The van der Waals surface area contributed by atoms with Crippen molar-refractivity contribution < 1.29 is 33.8 Å². The van der Waals surface area contributed by atoms with E-state index in [1.807, 2.05) is 32.6 Å². The number of aromatic amines is 2. The van der Waals surface area contributed by atoms with Crippen molar-refractivity contribution in [3.63, 3.8) is 0 Å². The number of carbonyl (C=O) groups is 4. The van der Waals surface area contributed by atoms with Crippen molar-refractivity contribution in [3.05, 3.63) is 83.4 Å². The van der Waals surface area contributed by atoms with Crippen LogP contribution in [0.5, 0.6) is 0 Å². The summed E-state index contributed by atoms with van der Waals surface area (Å²) in [4.78, 5) is 78.7. The lowest BCUT2D eigenvalue weighted by molar-refractivity contribution is -0.138. The molecule has 3 fully saturated rings. The number of alkyl carbamates (subject to hydrolysis) is 1. The van der Waals surface area contributed by atoms with E-state index in [0.29, 0.717) is 25.5 Å². The minimum atomic E-state index is -1.13. The monoisotopic (exact) mass is 919 g/mol. The minimum Gasteiger partial charge on any atom is -0.465 e. The Bertz CT molecular complexity index is 2570. The Morgan fingerprint density at radius 2 is 1.28 bits per heavy atom. The fourth-order valence-corrected chi connectivity index (χ4v) is 10.6. The van der Waals surface area contributed by atoms with E-state index in [1.54, 1.807) is 12.0 Å². The molecule has 0 spiro atoms. The highest BCUT2D eigenvalue weighted by Crippen LogP contribution is 2.48. The first-order valence-electron chi connectivity index (χ1n) is 23.7. The van der Waals surface area contributed by atoms with Crippen LogP contribution in [-0.4, -0.2) is 130 Å². The van der Waals surface area contributed by atoms with Crippen LogP contribution in [0.4, 0.5) is 21.0 Å². The number of methoxy groups -OCH3 is 2. The molecule has 4 amide bonds. The number of hydrogen-bond donors (Lipinski definition) is 4. The van der Waals surface area contributed by atoms with Gasteiger partial charge in [-0.3, -0.25) is 14.5 Å². The number of imidazole rings is 2. The molecular weight excluding hydrogens is 853 g/mol. The Morgan fingerprint density at radius 1 is 0.746 bits per heavy atom. The first kappa shape index (κ1) is 47.1. The maximum Gasteiger partial charge on any atom is 0.407 e. The van der Waals surface area contributed by atoms with Gasteiger partial charge in [-0.2, -0.15) is 0 Å². The molecule has 358 valence electrons. The topological polar surface area (TPSA) is 193 Å². The van der Waals surface area contributed by atoms with Gasteiger partial charge < -0.3 is 49.5 Å². The van der Waals surface area contributed by atoms with Crippen molar-refractivity contribution in [2.45, 2.75) is 102 Å². The zero-order valence-electron chi connectivity index (χ0n) is 40.0. The van der Waals surface area contributed by atoms with Crippen LogP contribution >= 0.6 is 0 Å². The van der Waals surface area contributed by atoms with Gasteiger partial charge in [0.05, 0.1) is 60.0 Å². The Kier molecular flexibility index (Phi) is 14.0. The molecule has 67 heavy (non-hydrogen) atoms. The zero-order chi connectivity index (χ0) is 47.7. The molecule has 3 aliphatic rings. The predicted octanol–water partition coefficient (Wildman–Crippen LogP) is 7.95. The first-order chi connectivity index (χ1) is 32.2. The third-order valence-corrected chi connectivity index (χ3v) is 14.1. The van der Waals surface area contributed by atoms with Crippen molar-refractivity contribution in [2.24, 2.45) is 11.8 Å². The molecule has 0 saturated carbocycles. The number of carboxylic acid groups (broad SMARTS) is 1. The molecular formula is C50H66N10O7. The van der Waals surface area contributed by atoms with E-state index in [2.05, 4.69) is 92.8 Å². The number of rotatable bonds is 15. The quantitative estimate of drug-likeness (QED) is 0.0797. The summed E-state index contributed by atoms with van der Waals surface area (Å²) in [5.74, 6) is 0.778. The number of amides is 4. The molecule has 3 aliphatic heterocycles. The van der Waals surface area contributed by atoms with Gasteiger partial charge in [0.2, 0.25) is 11.8 Å². The summed E-state index contributed by atoms with van der Waals surface area (Å²) in [6.45, 7) is 10.1. The molecule has 2 aromatic heterocycles. The molecule has 0 radical (unpaired) electrons. The normalized spacial score (nSPS) is 20.6. The Labute approximate surface area is 392 Å². The number of hydrogen-bond acceptors (Lipinski definition) is 10. The van der Waals surface area contributed by atoms with Gasteiger partial charge in [-0.1, -0.05) is 39.8 Å². The summed E-state index contributed by atoms with van der Waals surface area (Å²) in [7, 11) is 6.54. The molecule has 5 aromatic rings. The summed E-state index contributed by atoms with van der Waals surface area (Å²) in [6.07, 6.45) is 3.17. The highest BCUT2D eigenvalue weighted by molar-refractivity contribution is 5.87. The lowest BCUT2D eigenvalue weighted by Gasteiger charge is -2.34. The third kappa shape index (κ3) is 9.47. The van der Waals surface area contributed by atoms with Gasteiger partial charge in [-0.25, -0.2) is 19.6 Å². The molecule has 17 heteroatoms. The second-order valence-electron chi connectivity index (χ2n) is 19.1. The number of carbonyl (C=O) groups excluding carboxylic acids is 3.